The zero-order chi connectivity index (χ0) is 25.8. The van der Waals surface area contributed by atoms with Crippen LogP contribution in [0.3, 0.4) is 0 Å². The Balaban J connectivity index is 2.23. The standard InChI is InChI=1S/C26H32N2O7/c1-18(30)19-10-12-21(13-11-19)27-25(32)35-24(20-7-6-8-22(17-20)34-16-15-29)26(2,3)14-5-4-9-23(31)28-33/h4,6-13,17,24,29,33H,5,14-16H2,1-3H3,(H,27,32)(H,28,31)/b9-4+/t24-/m1/s1. The van der Waals surface area contributed by atoms with Crippen LogP contribution in [0.1, 0.15) is 55.6 Å². The van der Waals surface area contributed by atoms with Crippen molar-refractivity contribution in [2.75, 3.05) is 18.5 Å². The first-order valence-electron chi connectivity index (χ1n) is 11.2. The number of carbonyl (C=O) groups excluding carboxylic acids is 3. The lowest BCUT2D eigenvalue weighted by atomic mass is 9.78. The van der Waals surface area contributed by atoms with Gasteiger partial charge in [-0.05, 0) is 61.7 Å². The summed E-state index contributed by atoms with van der Waals surface area (Å²) in [4.78, 5) is 35.5. The van der Waals surface area contributed by atoms with Gasteiger partial charge in [0, 0.05) is 22.7 Å². The van der Waals surface area contributed by atoms with Crippen molar-refractivity contribution in [1.29, 1.82) is 0 Å². The van der Waals surface area contributed by atoms with Gasteiger partial charge < -0.3 is 14.6 Å². The van der Waals surface area contributed by atoms with Crippen LogP contribution in [0.4, 0.5) is 10.5 Å². The molecule has 0 saturated carbocycles. The summed E-state index contributed by atoms with van der Waals surface area (Å²) < 4.78 is 11.4. The average molecular weight is 485 g/mol. The number of aliphatic hydroxyl groups is 1. The maximum Gasteiger partial charge on any atom is 0.412 e. The summed E-state index contributed by atoms with van der Waals surface area (Å²) in [5.41, 5.74) is 2.69. The van der Waals surface area contributed by atoms with E-state index in [0.29, 0.717) is 35.4 Å². The van der Waals surface area contributed by atoms with Crippen LogP contribution >= 0.6 is 0 Å². The van der Waals surface area contributed by atoms with Gasteiger partial charge >= 0.3 is 6.09 Å². The first-order valence-corrected chi connectivity index (χ1v) is 11.2. The molecule has 2 aromatic carbocycles. The number of ketones is 1. The summed E-state index contributed by atoms with van der Waals surface area (Å²) in [5.74, 6) is -0.171. The van der Waals surface area contributed by atoms with Gasteiger partial charge in [-0.15, -0.1) is 0 Å². The third-order valence-corrected chi connectivity index (χ3v) is 5.33. The zero-order valence-corrected chi connectivity index (χ0v) is 20.1. The van der Waals surface area contributed by atoms with Gasteiger partial charge in [0.05, 0.1) is 6.61 Å². The Bertz CT molecular complexity index is 1030. The third kappa shape index (κ3) is 8.88. The summed E-state index contributed by atoms with van der Waals surface area (Å²) in [6.07, 6.45) is 2.55. The first-order chi connectivity index (χ1) is 16.7. The quantitative estimate of drug-likeness (QED) is 0.152. The molecule has 0 fully saturated rings. The van der Waals surface area contributed by atoms with Crippen molar-refractivity contribution in [2.24, 2.45) is 5.41 Å². The van der Waals surface area contributed by atoms with Gasteiger partial charge in [-0.25, -0.2) is 10.3 Å². The Morgan fingerprint density at radius 1 is 1.11 bits per heavy atom. The average Bonchev–Trinajstić information content (AvgIpc) is 2.84. The highest BCUT2D eigenvalue weighted by Gasteiger charge is 2.34. The molecule has 2 amide bonds. The van der Waals surface area contributed by atoms with Crippen LogP contribution in [0.5, 0.6) is 5.75 Å². The number of amides is 2. The molecule has 0 radical (unpaired) electrons. The Kier molecular flexibility index (Phi) is 10.4. The number of ether oxygens (including phenoxy) is 2. The maximum atomic E-state index is 12.8. The summed E-state index contributed by atoms with van der Waals surface area (Å²) in [7, 11) is 0. The SMILES string of the molecule is CC(=O)c1ccc(NC(=O)O[C@H](c2cccc(OCCO)c2)C(C)(C)CC/C=C/C(=O)NO)cc1. The number of rotatable bonds is 12. The molecular weight excluding hydrogens is 452 g/mol. The number of aliphatic hydroxyl groups excluding tert-OH is 1. The minimum Gasteiger partial charge on any atom is -0.491 e. The van der Waals surface area contributed by atoms with Crippen molar-refractivity contribution in [3.05, 3.63) is 71.8 Å². The molecular formula is C26H32N2O7. The number of hydrogen-bond donors (Lipinski definition) is 4. The number of hydrogen-bond acceptors (Lipinski definition) is 7. The molecule has 0 saturated heterocycles. The molecule has 9 heteroatoms. The number of nitrogens with one attached hydrogen (secondary N) is 2. The van der Waals surface area contributed by atoms with Gasteiger partial charge in [0.25, 0.3) is 5.91 Å². The molecule has 0 aliphatic carbocycles. The summed E-state index contributed by atoms with van der Waals surface area (Å²) in [6.45, 7) is 5.34. The number of Topliss-reactive ketones (excluding diaryl/α,β-unsaturated/α-hetero) is 1. The number of benzene rings is 2. The second kappa shape index (κ2) is 13.3. The van der Waals surface area contributed by atoms with Crippen molar-refractivity contribution < 1.29 is 34.2 Å². The van der Waals surface area contributed by atoms with Gasteiger partial charge in [0.1, 0.15) is 18.5 Å². The van der Waals surface area contributed by atoms with E-state index in [4.69, 9.17) is 19.8 Å². The lowest BCUT2D eigenvalue weighted by Crippen LogP contribution is -2.29. The van der Waals surface area contributed by atoms with Crippen LogP contribution < -0.4 is 15.5 Å². The fourth-order valence-electron chi connectivity index (χ4n) is 3.47. The van der Waals surface area contributed by atoms with E-state index in [1.807, 2.05) is 19.9 Å². The number of hydroxylamine groups is 1. The first kappa shape index (κ1) is 27.6. The van der Waals surface area contributed by atoms with Gasteiger partial charge in [-0.1, -0.05) is 32.1 Å². The molecule has 2 rings (SSSR count). The maximum absolute atomic E-state index is 12.8. The predicted molar refractivity (Wildman–Crippen MR) is 130 cm³/mol. The van der Waals surface area contributed by atoms with Gasteiger partial charge in [0.2, 0.25) is 0 Å². The lowest BCUT2D eigenvalue weighted by Gasteiger charge is -2.34. The molecule has 0 heterocycles. The molecule has 188 valence electrons. The third-order valence-electron chi connectivity index (χ3n) is 5.33. The molecule has 0 bridgehead atoms. The van der Waals surface area contributed by atoms with Crippen molar-refractivity contribution in [1.82, 2.24) is 5.48 Å². The molecule has 2 aromatic rings. The van der Waals surface area contributed by atoms with Gasteiger partial charge in [0.15, 0.2) is 5.78 Å². The second-order valence-corrected chi connectivity index (χ2v) is 8.59. The number of carbonyl (C=O) groups is 3. The molecule has 0 unspecified atom stereocenters. The Labute approximate surface area is 204 Å². The van der Waals surface area contributed by atoms with E-state index in [0.717, 1.165) is 0 Å². The highest BCUT2D eigenvalue weighted by Crippen LogP contribution is 2.41. The van der Waals surface area contributed by atoms with Crippen LogP contribution in [-0.4, -0.2) is 41.3 Å². The van der Waals surface area contributed by atoms with Crippen LogP contribution in [0.25, 0.3) is 0 Å². The zero-order valence-electron chi connectivity index (χ0n) is 20.1. The smallest absolute Gasteiger partial charge is 0.412 e. The van der Waals surface area contributed by atoms with E-state index in [1.165, 1.54) is 18.5 Å². The highest BCUT2D eigenvalue weighted by atomic mass is 16.6. The van der Waals surface area contributed by atoms with E-state index in [9.17, 15) is 14.4 Å². The Morgan fingerprint density at radius 2 is 1.83 bits per heavy atom. The molecule has 35 heavy (non-hydrogen) atoms. The van der Waals surface area contributed by atoms with Crippen molar-refractivity contribution in [3.63, 3.8) is 0 Å². The van der Waals surface area contributed by atoms with Crippen LogP contribution in [0, 0.1) is 5.41 Å². The van der Waals surface area contributed by atoms with Crippen molar-refractivity contribution >= 4 is 23.5 Å². The van der Waals surface area contributed by atoms with E-state index < -0.39 is 23.5 Å². The lowest BCUT2D eigenvalue weighted by molar-refractivity contribution is -0.124. The minimum absolute atomic E-state index is 0.0743. The Morgan fingerprint density at radius 3 is 2.46 bits per heavy atom. The summed E-state index contributed by atoms with van der Waals surface area (Å²) >= 11 is 0. The fraction of sp³-hybridized carbons (Fsp3) is 0.346. The molecule has 0 aliphatic heterocycles. The minimum atomic E-state index is -0.684. The van der Waals surface area contributed by atoms with E-state index >= 15 is 0 Å². The van der Waals surface area contributed by atoms with E-state index in [-0.39, 0.29) is 19.0 Å². The van der Waals surface area contributed by atoms with Crippen LogP contribution in [-0.2, 0) is 9.53 Å². The largest absolute Gasteiger partial charge is 0.491 e. The fourth-order valence-corrected chi connectivity index (χ4v) is 3.47. The van der Waals surface area contributed by atoms with Crippen LogP contribution in [0.2, 0.25) is 0 Å². The van der Waals surface area contributed by atoms with E-state index in [2.05, 4.69) is 5.32 Å². The second-order valence-electron chi connectivity index (χ2n) is 8.59. The summed E-state index contributed by atoms with van der Waals surface area (Å²) in [5, 5.41) is 20.4. The predicted octanol–water partition coefficient (Wildman–Crippen LogP) is 4.42. The van der Waals surface area contributed by atoms with Crippen molar-refractivity contribution in [3.8, 4) is 5.75 Å². The molecule has 1 atom stereocenters. The highest BCUT2D eigenvalue weighted by molar-refractivity contribution is 5.95. The molecule has 9 nitrogen and oxygen atoms in total. The van der Waals surface area contributed by atoms with Gasteiger partial charge in [-0.3, -0.25) is 20.1 Å². The number of anilines is 1. The van der Waals surface area contributed by atoms with E-state index in [1.54, 1.807) is 48.5 Å². The molecule has 0 aliphatic rings. The van der Waals surface area contributed by atoms with Crippen molar-refractivity contribution in [2.45, 2.75) is 39.7 Å². The Hall–Kier alpha value is -3.69. The topological polar surface area (TPSA) is 134 Å². The van der Waals surface area contributed by atoms with Gasteiger partial charge in [-0.2, -0.15) is 0 Å². The summed E-state index contributed by atoms with van der Waals surface area (Å²) in [6, 6.07) is 13.6. The molecule has 0 aromatic heterocycles. The molecule has 0 spiro atoms. The monoisotopic (exact) mass is 484 g/mol. The van der Waals surface area contributed by atoms with Crippen LogP contribution in [0.15, 0.2) is 60.7 Å². The normalized spacial score (nSPS) is 12.1. The number of allylic oxidation sites excluding steroid dienone is 1. The molecule has 4 N–H and O–H groups in total.